The molecule has 0 radical (unpaired) electrons. The molecule has 0 spiro atoms. The number of carbonyl (C=O) groups is 2. The molecule has 194 valence electrons. The zero-order valence-corrected chi connectivity index (χ0v) is 21.4. The Morgan fingerprint density at radius 3 is 2.42 bits per heavy atom. The molecular formula is C29H27ClN4O4. The Bertz CT molecular complexity index is 1410. The van der Waals surface area contributed by atoms with Gasteiger partial charge in [0.1, 0.15) is 30.3 Å². The molecule has 0 aliphatic carbocycles. The van der Waals surface area contributed by atoms with Crippen molar-refractivity contribution < 1.29 is 19.4 Å². The average molecular weight is 531 g/mol. The third-order valence-electron chi connectivity index (χ3n) is 6.65. The number of ether oxygens (including phenoxy) is 1. The number of hydrogen-bond acceptors (Lipinski definition) is 5. The number of benzene rings is 3. The summed E-state index contributed by atoms with van der Waals surface area (Å²) in [4.78, 5) is 36.3. The quantitative estimate of drug-likeness (QED) is 0.256. The number of imidazole rings is 1. The minimum atomic E-state index is -0.842. The lowest BCUT2D eigenvalue weighted by atomic mass is 9.91. The van der Waals surface area contributed by atoms with Crippen LogP contribution in [-0.4, -0.2) is 45.1 Å². The SMILES string of the molecule is C[C@@H](c1ccccc1)[C@@H](c1ncc(-c2ccc(Cl)cc2)[nH]1)N1C(=O)NC(c2ccc(OCCO)cc2)C1=O. The van der Waals surface area contributed by atoms with Gasteiger partial charge in [-0.15, -0.1) is 0 Å². The molecule has 1 saturated heterocycles. The van der Waals surface area contributed by atoms with E-state index >= 15 is 0 Å². The van der Waals surface area contributed by atoms with Crippen LogP contribution in [0.5, 0.6) is 5.75 Å². The van der Waals surface area contributed by atoms with Gasteiger partial charge in [-0.3, -0.25) is 9.69 Å². The molecule has 4 aromatic rings. The number of amides is 3. The van der Waals surface area contributed by atoms with Crippen molar-refractivity contribution in [3.8, 4) is 17.0 Å². The van der Waals surface area contributed by atoms with Crippen LogP contribution in [-0.2, 0) is 4.79 Å². The highest BCUT2D eigenvalue weighted by Crippen LogP contribution is 2.39. The minimum absolute atomic E-state index is 0.0959. The van der Waals surface area contributed by atoms with Gasteiger partial charge < -0.3 is 20.1 Å². The van der Waals surface area contributed by atoms with Crippen LogP contribution in [0.15, 0.2) is 85.1 Å². The number of aliphatic hydroxyl groups excluding tert-OH is 1. The molecule has 1 aliphatic heterocycles. The van der Waals surface area contributed by atoms with E-state index in [0.717, 1.165) is 16.8 Å². The molecule has 0 saturated carbocycles. The van der Waals surface area contributed by atoms with Crippen LogP contribution < -0.4 is 10.1 Å². The van der Waals surface area contributed by atoms with Gasteiger partial charge in [-0.2, -0.15) is 0 Å². The fourth-order valence-electron chi connectivity index (χ4n) is 4.69. The van der Waals surface area contributed by atoms with Crippen molar-refractivity contribution in [2.75, 3.05) is 13.2 Å². The summed E-state index contributed by atoms with van der Waals surface area (Å²) >= 11 is 6.05. The molecule has 3 N–H and O–H groups in total. The van der Waals surface area contributed by atoms with Crippen molar-refractivity contribution in [2.45, 2.75) is 24.9 Å². The zero-order valence-electron chi connectivity index (χ0n) is 20.7. The maximum absolute atomic E-state index is 13.8. The molecule has 5 rings (SSSR count). The third-order valence-corrected chi connectivity index (χ3v) is 6.90. The summed E-state index contributed by atoms with van der Waals surface area (Å²) < 4.78 is 5.41. The first-order valence-electron chi connectivity index (χ1n) is 12.3. The smallest absolute Gasteiger partial charge is 0.325 e. The maximum Gasteiger partial charge on any atom is 0.325 e. The van der Waals surface area contributed by atoms with Crippen LogP contribution in [0.25, 0.3) is 11.3 Å². The van der Waals surface area contributed by atoms with Crippen LogP contribution in [0.3, 0.4) is 0 Å². The number of hydrogen-bond donors (Lipinski definition) is 3. The molecule has 1 aliphatic rings. The van der Waals surface area contributed by atoms with E-state index in [2.05, 4.69) is 15.3 Å². The molecular weight excluding hydrogens is 504 g/mol. The average Bonchev–Trinajstić information content (AvgIpc) is 3.54. The van der Waals surface area contributed by atoms with Gasteiger partial charge in [0.25, 0.3) is 5.91 Å². The van der Waals surface area contributed by atoms with Crippen LogP contribution in [0.4, 0.5) is 4.79 Å². The molecule has 1 unspecified atom stereocenters. The number of aromatic amines is 1. The number of nitrogens with zero attached hydrogens (tertiary/aromatic N) is 2. The second-order valence-corrected chi connectivity index (χ2v) is 9.50. The summed E-state index contributed by atoms with van der Waals surface area (Å²) in [6.07, 6.45) is 1.70. The van der Waals surface area contributed by atoms with E-state index in [-0.39, 0.29) is 25.0 Å². The number of carbonyl (C=O) groups excluding carboxylic acids is 2. The van der Waals surface area contributed by atoms with E-state index in [1.807, 2.05) is 49.4 Å². The first kappa shape index (κ1) is 25.5. The number of aromatic nitrogens is 2. The normalized spacial score (nSPS) is 16.8. The van der Waals surface area contributed by atoms with Crippen LogP contribution in [0.1, 0.15) is 41.9 Å². The van der Waals surface area contributed by atoms with Gasteiger partial charge in [0.15, 0.2) is 0 Å². The van der Waals surface area contributed by atoms with E-state index < -0.39 is 18.1 Å². The topological polar surface area (TPSA) is 108 Å². The molecule has 3 amide bonds. The Hall–Kier alpha value is -4.14. The molecule has 1 fully saturated rings. The zero-order chi connectivity index (χ0) is 26.6. The minimum Gasteiger partial charge on any atom is -0.491 e. The lowest BCUT2D eigenvalue weighted by Crippen LogP contribution is -2.38. The van der Waals surface area contributed by atoms with Gasteiger partial charge in [0.2, 0.25) is 0 Å². The summed E-state index contributed by atoms with van der Waals surface area (Å²) in [5.74, 6) is 0.458. The number of halogens is 1. The van der Waals surface area contributed by atoms with Crippen molar-refractivity contribution >= 4 is 23.5 Å². The Balaban J connectivity index is 1.48. The fraction of sp³-hybridized carbons (Fsp3) is 0.207. The van der Waals surface area contributed by atoms with Crippen molar-refractivity contribution in [3.05, 3.63) is 107 Å². The van der Waals surface area contributed by atoms with Crippen molar-refractivity contribution in [1.29, 1.82) is 0 Å². The van der Waals surface area contributed by atoms with Crippen LogP contribution in [0.2, 0.25) is 5.02 Å². The van der Waals surface area contributed by atoms with E-state index in [1.165, 1.54) is 4.90 Å². The molecule has 3 aromatic carbocycles. The number of aliphatic hydroxyl groups is 1. The van der Waals surface area contributed by atoms with Gasteiger partial charge >= 0.3 is 6.03 Å². The summed E-state index contributed by atoms with van der Waals surface area (Å²) in [5.41, 5.74) is 3.24. The standard InChI is InChI=1S/C29H27ClN4O4/c1-18(19-5-3-2-4-6-19)26(27-31-17-24(32-27)20-7-11-22(30)12-8-20)34-28(36)25(33-29(34)37)21-9-13-23(14-10-21)38-16-15-35/h2-14,17-18,25-26,35H,15-16H2,1H3,(H,31,32)(H,33,37)/t18-,25?,26-/m0/s1. The Morgan fingerprint density at radius 2 is 1.74 bits per heavy atom. The third kappa shape index (κ3) is 5.14. The molecule has 9 heteroatoms. The largest absolute Gasteiger partial charge is 0.491 e. The van der Waals surface area contributed by atoms with Gasteiger partial charge in [0, 0.05) is 10.9 Å². The van der Waals surface area contributed by atoms with Gasteiger partial charge in [-0.1, -0.05) is 73.1 Å². The van der Waals surface area contributed by atoms with Crippen molar-refractivity contribution in [2.24, 2.45) is 0 Å². The van der Waals surface area contributed by atoms with Gasteiger partial charge in [-0.25, -0.2) is 9.78 Å². The van der Waals surface area contributed by atoms with E-state index in [0.29, 0.717) is 22.2 Å². The highest BCUT2D eigenvalue weighted by Gasteiger charge is 2.46. The lowest BCUT2D eigenvalue weighted by Gasteiger charge is -2.29. The number of H-pyrrole nitrogens is 1. The second kappa shape index (κ2) is 11.1. The molecule has 0 bridgehead atoms. The Kier molecular flexibility index (Phi) is 7.44. The second-order valence-electron chi connectivity index (χ2n) is 9.07. The molecule has 38 heavy (non-hydrogen) atoms. The number of urea groups is 1. The highest BCUT2D eigenvalue weighted by molar-refractivity contribution is 6.30. The first-order chi connectivity index (χ1) is 18.5. The van der Waals surface area contributed by atoms with E-state index in [9.17, 15) is 9.59 Å². The predicted molar refractivity (Wildman–Crippen MR) is 144 cm³/mol. The van der Waals surface area contributed by atoms with Crippen LogP contribution in [0, 0.1) is 0 Å². The Morgan fingerprint density at radius 1 is 1.03 bits per heavy atom. The number of nitrogens with one attached hydrogen (secondary N) is 2. The van der Waals surface area contributed by atoms with Gasteiger partial charge in [-0.05, 0) is 41.0 Å². The summed E-state index contributed by atoms with van der Waals surface area (Å²) in [5, 5.41) is 12.4. The Labute approximate surface area is 225 Å². The molecule has 2 heterocycles. The van der Waals surface area contributed by atoms with E-state index in [1.54, 1.807) is 42.6 Å². The predicted octanol–water partition coefficient (Wildman–Crippen LogP) is 5.24. The number of imide groups is 1. The van der Waals surface area contributed by atoms with Gasteiger partial charge in [0.05, 0.1) is 18.5 Å². The number of rotatable bonds is 9. The lowest BCUT2D eigenvalue weighted by molar-refractivity contribution is -0.129. The maximum atomic E-state index is 13.8. The highest BCUT2D eigenvalue weighted by atomic mass is 35.5. The van der Waals surface area contributed by atoms with Crippen molar-refractivity contribution in [3.63, 3.8) is 0 Å². The summed E-state index contributed by atoms with van der Waals surface area (Å²) in [7, 11) is 0. The van der Waals surface area contributed by atoms with Crippen molar-refractivity contribution in [1.82, 2.24) is 20.2 Å². The summed E-state index contributed by atoms with van der Waals surface area (Å²) in [6, 6.07) is 22.0. The van der Waals surface area contributed by atoms with E-state index in [4.69, 9.17) is 21.4 Å². The fourth-order valence-corrected chi connectivity index (χ4v) is 4.81. The molecule has 8 nitrogen and oxygen atoms in total. The monoisotopic (exact) mass is 530 g/mol. The first-order valence-corrected chi connectivity index (χ1v) is 12.7. The summed E-state index contributed by atoms with van der Waals surface area (Å²) in [6.45, 7) is 2.06. The molecule has 3 atom stereocenters. The molecule has 1 aromatic heterocycles. The van der Waals surface area contributed by atoms with Crippen LogP contribution >= 0.6 is 11.6 Å².